The molecule has 1 saturated heterocycles. The molecule has 0 atom stereocenters. The minimum absolute atomic E-state index is 0.0327. The molecule has 0 aromatic carbocycles. The number of likely N-dealkylation sites (tertiary alicyclic amines) is 1. The topological polar surface area (TPSA) is 101 Å². The summed E-state index contributed by atoms with van der Waals surface area (Å²) in [6.45, 7) is 1.16. The molecule has 1 amide bonds. The van der Waals surface area contributed by atoms with Crippen LogP contribution < -0.4 is 0 Å². The predicted molar refractivity (Wildman–Crippen MR) is 76.5 cm³/mol. The minimum Gasteiger partial charge on any atom is -0.481 e. The molecule has 1 aliphatic heterocycles. The Morgan fingerprint density at radius 2 is 2.05 bits per heavy atom. The van der Waals surface area contributed by atoms with E-state index in [0.717, 1.165) is 24.2 Å². The Morgan fingerprint density at radius 1 is 1.38 bits per heavy atom. The second-order valence-corrected chi connectivity index (χ2v) is 6.13. The number of hydrogen-bond donors (Lipinski definition) is 1. The van der Waals surface area contributed by atoms with Crippen LogP contribution in [-0.4, -0.2) is 39.9 Å². The average Bonchev–Trinajstić information content (AvgIpc) is 2.95. The van der Waals surface area contributed by atoms with Crippen molar-refractivity contribution in [1.82, 2.24) is 4.90 Å². The fraction of sp³-hybridized carbons (Fsp3) is 0.538. The molecule has 0 bridgehead atoms. The van der Waals surface area contributed by atoms with Crippen molar-refractivity contribution in [3.8, 4) is 0 Å². The Morgan fingerprint density at radius 3 is 2.57 bits per heavy atom. The molecular formula is C13H16N2O5S. The molecule has 2 heterocycles. The van der Waals surface area contributed by atoms with E-state index in [-0.39, 0.29) is 17.3 Å². The van der Waals surface area contributed by atoms with E-state index in [1.54, 1.807) is 4.90 Å². The van der Waals surface area contributed by atoms with Crippen LogP contribution >= 0.6 is 11.3 Å². The lowest BCUT2D eigenvalue weighted by Gasteiger charge is -2.31. The first kappa shape index (κ1) is 15.4. The fourth-order valence-electron chi connectivity index (χ4n) is 2.45. The molecule has 2 rings (SSSR count). The Kier molecular flexibility index (Phi) is 4.89. The molecule has 7 nitrogen and oxygen atoms in total. The van der Waals surface area contributed by atoms with E-state index in [1.165, 1.54) is 12.1 Å². The molecule has 8 heteroatoms. The summed E-state index contributed by atoms with van der Waals surface area (Å²) in [4.78, 5) is 35.0. The van der Waals surface area contributed by atoms with Crippen molar-refractivity contribution in [2.45, 2.75) is 25.7 Å². The number of carboxylic acids is 1. The zero-order valence-electron chi connectivity index (χ0n) is 11.4. The smallest absolute Gasteiger partial charge is 0.324 e. The van der Waals surface area contributed by atoms with Crippen molar-refractivity contribution >= 4 is 28.2 Å². The van der Waals surface area contributed by atoms with Crippen molar-refractivity contribution < 1.29 is 19.6 Å². The molecule has 1 aromatic rings. The first-order valence-electron chi connectivity index (χ1n) is 6.72. The van der Waals surface area contributed by atoms with E-state index >= 15 is 0 Å². The van der Waals surface area contributed by atoms with Gasteiger partial charge in [0.05, 0.1) is 9.80 Å². The van der Waals surface area contributed by atoms with Crippen LogP contribution in [0, 0.1) is 16.0 Å². The number of carbonyl (C=O) groups is 2. The maximum atomic E-state index is 12.2. The van der Waals surface area contributed by atoms with E-state index in [4.69, 9.17) is 5.11 Å². The van der Waals surface area contributed by atoms with Crippen LogP contribution in [0.25, 0.3) is 0 Å². The van der Waals surface area contributed by atoms with Gasteiger partial charge in [-0.3, -0.25) is 19.7 Å². The first-order chi connectivity index (χ1) is 9.97. The quantitative estimate of drug-likeness (QED) is 0.664. The molecule has 1 aliphatic rings. The third-order valence-corrected chi connectivity index (χ3v) is 4.68. The molecule has 114 valence electrons. The first-order valence-corrected chi connectivity index (χ1v) is 7.54. The van der Waals surface area contributed by atoms with Crippen LogP contribution in [-0.2, 0) is 4.79 Å². The molecule has 1 aromatic heterocycles. The van der Waals surface area contributed by atoms with Crippen LogP contribution in [0.4, 0.5) is 5.00 Å². The van der Waals surface area contributed by atoms with Gasteiger partial charge in [0.2, 0.25) is 0 Å². The van der Waals surface area contributed by atoms with Gasteiger partial charge in [0.25, 0.3) is 5.91 Å². The van der Waals surface area contributed by atoms with Crippen LogP contribution in [0.1, 0.15) is 35.4 Å². The second-order valence-electron chi connectivity index (χ2n) is 5.06. The molecule has 0 unspecified atom stereocenters. The summed E-state index contributed by atoms with van der Waals surface area (Å²) >= 11 is 0.890. The Labute approximate surface area is 125 Å². The van der Waals surface area contributed by atoms with Crippen molar-refractivity contribution in [3.05, 3.63) is 27.1 Å². The van der Waals surface area contributed by atoms with Crippen molar-refractivity contribution in [3.63, 3.8) is 0 Å². The number of carboxylic acid groups (broad SMARTS) is 1. The normalized spacial score (nSPS) is 15.9. The van der Waals surface area contributed by atoms with E-state index in [0.29, 0.717) is 30.3 Å². The monoisotopic (exact) mass is 312 g/mol. The van der Waals surface area contributed by atoms with Gasteiger partial charge in [-0.25, -0.2) is 0 Å². The third kappa shape index (κ3) is 4.01. The summed E-state index contributed by atoms with van der Waals surface area (Å²) in [7, 11) is 0. The highest BCUT2D eigenvalue weighted by molar-refractivity contribution is 7.17. The van der Waals surface area contributed by atoms with Gasteiger partial charge in [0.1, 0.15) is 0 Å². The summed E-state index contributed by atoms with van der Waals surface area (Å²) in [5.74, 6) is -0.632. The van der Waals surface area contributed by atoms with E-state index in [9.17, 15) is 19.7 Å². The molecule has 1 fully saturated rings. The molecule has 21 heavy (non-hydrogen) atoms. The third-order valence-electron chi connectivity index (χ3n) is 3.65. The van der Waals surface area contributed by atoms with Gasteiger partial charge in [-0.05, 0) is 31.2 Å². The fourth-order valence-corrected chi connectivity index (χ4v) is 3.24. The number of aliphatic carboxylic acids is 1. The van der Waals surface area contributed by atoms with Gasteiger partial charge < -0.3 is 10.0 Å². The molecule has 1 N–H and O–H groups in total. The number of carbonyl (C=O) groups excluding carboxylic acids is 1. The zero-order chi connectivity index (χ0) is 15.4. The lowest BCUT2D eigenvalue weighted by molar-refractivity contribution is -0.380. The Bertz CT molecular complexity index is 549. The second kappa shape index (κ2) is 6.66. The number of amides is 1. The van der Waals surface area contributed by atoms with Gasteiger partial charge in [-0.1, -0.05) is 11.3 Å². The summed E-state index contributed by atoms with van der Waals surface area (Å²) in [5, 5.41) is 19.3. The standard InChI is InChI=1S/C13H16N2O5S/c16-12(17)4-1-9-5-7-14(8-6-9)13(18)10-2-3-11(21-10)15(19)20/h2-3,9H,1,4-8H2,(H,16,17). The van der Waals surface area contributed by atoms with Crippen molar-refractivity contribution in [2.75, 3.05) is 13.1 Å². The molecule has 0 saturated carbocycles. The highest BCUT2D eigenvalue weighted by Crippen LogP contribution is 2.27. The van der Waals surface area contributed by atoms with Crippen LogP contribution in [0.2, 0.25) is 0 Å². The summed E-state index contributed by atoms with van der Waals surface area (Å²) in [6, 6.07) is 2.83. The van der Waals surface area contributed by atoms with E-state index < -0.39 is 10.9 Å². The molecule has 0 radical (unpaired) electrons. The number of piperidine rings is 1. The molecular weight excluding hydrogens is 296 g/mol. The highest BCUT2D eigenvalue weighted by Gasteiger charge is 2.25. The number of nitro groups is 1. The SMILES string of the molecule is O=C(O)CCC1CCN(C(=O)c2ccc([N+](=O)[O-])s2)CC1. The average molecular weight is 312 g/mol. The molecule has 0 aliphatic carbocycles. The number of hydrogen-bond acceptors (Lipinski definition) is 5. The van der Waals surface area contributed by atoms with Gasteiger partial charge in [-0.2, -0.15) is 0 Å². The van der Waals surface area contributed by atoms with Crippen LogP contribution in [0.3, 0.4) is 0 Å². The number of nitrogens with zero attached hydrogens (tertiary/aromatic N) is 2. The Hall–Kier alpha value is -1.96. The van der Waals surface area contributed by atoms with E-state index in [2.05, 4.69) is 0 Å². The zero-order valence-corrected chi connectivity index (χ0v) is 12.2. The summed E-state index contributed by atoms with van der Waals surface area (Å²) < 4.78 is 0. The highest BCUT2D eigenvalue weighted by atomic mass is 32.1. The minimum atomic E-state index is -0.792. The molecule has 0 spiro atoms. The van der Waals surface area contributed by atoms with Gasteiger partial charge >= 0.3 is 11.0 Å². The maximum Gasteiger partial charge on any atom is 0.324 e. The van der Waals surface area contributed by atoms with Gasteiger partial charge in [0, 0.05) is 25.6 Å². The summed E-state index contributed by atoms with van der Waals surface area (Å²) in [6.07, 6.45) is 2.37. The van der Waals surface area contributed by atoms with Crippen LogP contribution in [0.5, 0.6) is 0 Å². The number of rotatable bonds is 5. The predicted octanol–water partition coefficient (Wildman–Crippen LogP) is 2.37. The van der Waals surface area contributed by atoms with Gasteiger partial charge in [-0.15, -0.1) is 0 Å². The largest absolute Gasteiger partial charge is 0.481 e. The van der Waals surface area contributed by atoms with E-state index in [1.807, 2.05) is 0 Å². The van der Waals surface area contributed by atoms with Crippen molar-refractivity contribution in [2.24, 2.45) is 5.92 Å². The maximum absolute atomic E-state index is 12.2. The number of thiophene rings is 1. The lowest BCUT2D eigenvalue weighted by Crippen LogP contribution is -2.38. The summed E-state index contributed by atoms with van der Waals surface area (Å²) in [5.41, 5.74) is 0. The van der Waals surface area contributed by atoms with Crippen LogP contribution in [0.15, 0.2) is 12.1 Å². The van der Waals surface area contributed by atoms with Gasteiger partial charge in [0.15, 0.2) is 0 Å². The Balaban J connectivity index is 1.87. The lowest BCUT2D eigenvalue weighted by atomic mass is 9.92. The van der Waals surface area contributed by atoms with Crippen molar-refractivity contribution in [1.29, 1.82) is 0 Å².